The first-order chi connectivity index (χ1) is 14.3. The Kier molecular flexibility index (Phi) is 5.41. The van der Waals surface area contributed by atoms with Gasteiger partial charge in [-0.05, 0) is 29.8 Å². The van der Waals surface area contributed by atoms with Gasteiger partial charge in [0.1, 0.15) is 29.4 Å². The van der Waals surface area contributed by atoms with E-state index in [1.807, 2.05) is 19.9 Å². The molecule has 2 aromatic rings. The summed E-state index contributed by atoms with van der Waals surface area (Å²) in [5.74, 6) is -0.933. The third kappa shape index (κ3) is 3.52. The fourth-order valence-electron chi connectivity index (χ4n) is 3.85. The highest BCUT2D eigenvalue weighted by Gasteiger charge is 2.63. The fourth-order valence-corrected chi connectivity index (χ4v) is 5.57. The van der Waals surface area contributed by atoms with E-state index in [9.17, 15) is 14.4 Å². The summed E-state index contributed by atoms with van der Waals surface area (Å²) in [7, 11) is 0. The van der Waals surface area contributed by atoms with Gasteiger partial charge in [0.15, 0.2) is 5.82 Å². The second-order valence-corrected chi connectivity index (χ2v) is 9.62. The Morgan fingerprint density at radius 2 is 2.07 bits per heavy atom. The number of rotatable bonds is 6. The number of H-pyrrole nitrogens is 1. The van der Waals surface area contributed by atoms with Crippen LogP contribution in [0, 0.1) is 0 Å². The molecule has 3 N–H and O–H groups in total. The van der Waals surface area contributed by atoms with Crippen molar-refractivity contribution < 1.29 is 14.4 Å². The summed E-state index contributed by atoms with van der Waals surface area (Å²) in [6.45, 7) is 4.01. The normalized spacial score (nSPS) is 25.2. The van der Waals surface area contributed by atoms with Gasteiger partial charge in [0.05, 0.1) is 0 Å². The maximum Gasteiger partial charge on any atom is 0.249 e. The monoisotopic (exact) mass is 449 g/mol. The quantitative estimate of drug-likeness (QED) is 0.432. The van der Waals surface area contributed by atoms with Crippen molar-refractivity contribution in [3.63, 3.8) is 0 Å². The zero-order valence-electron chi connectivity index (χ0n) is 16.2. The molecule has 3 heterocycles. The van der Waals surface area contributed by atoms with Crippen molar-refractivity contribution in [1.82, 2.24) is 36.2 Å². The number of nitrogens with zero attached hydrogens (tertiary/aromatic N) is 4. The lowest BCUT2D eigenvalue weighted by Crippen LogP contribution is -2.68. The number of hydrogen-bond donors (Lipinski definition) is 3. The van der Waals surface area contributed by atoms with E-state index in [2.05, 4.69) is 31.3 Å². The highest BCUT2D eigenvalue weighted by molar-refractivity contribution is 8.01. The molecule has 12 heteroatoms. The molecule has 4 rings (SSSR count). The first-order valence-electron chi connectivity index (χ1n) is 9.27. The van der Waals surface area contributed by atoms with E-state index in [4.69, 9.17) is 11.6 Å². The number of aromatic nitrogens is 4. The van der Waals surface area contributed by atoms with Crippen LogP contribution < -0.4 is 10.6 Å². The van der Waals surface area contributed by atoms with Crippen molar-refractivity contribution in [1.29, 1.82) is 0 Å². The predicted octanol–water partition coefficient (Wildman–Crippen LogP) is 0.516. The zero-order valence-corrected chi connectivity index (χ0v) is 17.8. The molecule has 10 nitrogen and oxygen atoms in total. The number of thioether (sulfide) groups is 1. The molecule has 2 fully saturated rings. The van der Waals surface area contributed by atoms with Gasteiger partial charge in [-0.3, -0.25) is 14.4 Å². The minimum Gasteiger partial charge on any atom is -0.340 e. The minimum atomic E-state index is -0.951. The summed E-state index contributed by atoms with van der Waals surface area (Å²) in [5.41, 5.74) is 0.599. The molecule has 0 aliphatic carbocycles. The Morgan fingerprint density at radius 1 is 1.33 bits per heavy atom. The Balaban J connectivity index is 1.52. The number of halogens is 1. The summed E-state index contributed by atoms with van der Waals surface area (Å²) in [6, 6.07) is 6.82. The number of benzene rings is 1. The van der Waals surface area contributed by atoms with Crippen LogP contribution in [0.5, 0.6) is 0 Å². The molecule has 0 bridgehead atoms. The van der Waals surface area contributed by atoms with Crippen LogP contribution in [0.25, 0.3) is 0 Å². The van der Waals surface area contributed by atoms with Gasteiger partial charge >= 0.3 is 0 Å². The third-order valence-electron chi connectivity index (χ3n) is 5.18. The molecule has 4 atom stereocenters. The van der Waals surface area contributed by atoms with E-state index in [0.717, 1.165) is 0 Å². The number of tetrazole rings is 1. The van der Waals surface area contributed by atoms with Crippen molar-refractivity contribution in [3.8, 4) is 0 Å². The first-order valence-corrected chi connectivity index (χ1v) is 10.7. The molecule has 0 radical (unpaired) electrons. The van der Waals surface area contributed by atoms with E-state index in [1.54, 1.807) is 40.9 Å². The number of β-lactam (4-membered cyclic amide) rings is 1. The second kappa shape index (κ2) is 7.88. The Morgan fingerprint density at radius 3 is 2.70 bits per heavy atom. The van der Waals surface area contributed by atoms with Crippen molar-refractivity contribution in [2.45, 2.75) is 42.1 Å². The molecule has 2 aliphatic heterocycles. The number of aromatic amines is 1. The SMILES string of the molecule is CC1(C)S[C@H]2C(NC(=O)C(NC(=O)CCl)c3ccccc3)C(=O)N2C1c1nnn[nH]1. The molecular weight excluding hydrogens is 430 g/mol. The lowest BCUT2D eigenvalue weighted by atomic mass is 9.95. The number of carbonyl (C=O) groups is 3. The van der Waals surface area contributed by atoms with Crippen molar-refractivity contribution in [2.75, 3.05) is 5.88 Å². The summed E-state index contributed by atoms with van der Waals surface area (Å²) in [6.07, 6.45) is 0. The first kappa shape index (κ1) is 20.6. The van der Waals surface area contributed by atoms with Crippen LogP contribution in [0.15, 0.2) is 30.3 Å². The number of alkyl halides is 1. The van der Waals surface area contributed by atoms with Gasteiger partial charge in [0.25, 0.3) is 0 Å². The minimum absolute atomic E-state index is 0.219. The molecule has 2 saturated heterocycles. The van der Waals surface area contributed by atoms with E-state index in [-0.39, 0.29) is 27.9 Å². The smallest absolute Gasteiger partial charge is 0.249 e. The Bertz CT molecular complexity index is 956. The summed E-state index contributed by atoms with van der Waals surface area (Å²) < 4.78 is -0.354. The number of fused-ring (bicyclic) bond motifs is 1. The van der Waals surface area contributed by atoms with Gasteiger partial charge in [-0.15, -0.1) is 28.5 Å². The molecule has 30 heavy (non-hydrogen) atoms. The van der Waals surface area contributed by atoms with Gasteiger partial charge in [0, 0.05) is 4.75 Å². The Labute approximate surface area is 181 Å². The largest absolute Gasteiger partial charge is 0.340 e. The van der Waals surface area contributed by atoms with Crippen LogP contribution in [0.2, 0.25) is 0 Å². The molecular formula is C18H20ClN7O3S. The van der Waals surface area contributed by atoms with E-state index in [1.165, 1.54) is 0 Å². The molecule has 0 saturated carbocycles. The van der Waals surface area contributed by atoms with Gasteiger partial charge in [-0.25, -0.2) is 5.10 Å². The standard InChI is InChI=1S/C18H20ClN7O3S/c1-18(2)13(14-22-24-25-23-14)26-16(29)12(17(26)30-18)21-15(28)11(20-10(27)8-19)9-6-4-3-5-7-9/h3-7,11-13,17H,8H2,1-2H3,(H,20,27)(H,21,28)(H,22,23,24,25)/t11?,12?,13?,17-/m0/s1. The van der Waals surface area contributed by atoms with Crippen molar-refractivity contribution >= 4 is 41.1 Å². The summed E-state index contributed by atoms with van der Waals surface area (Å²) >= 11 is 7.17. The highest BCUT2D eigenvalue weighted by Crippen LogP contribution is 2.56. The van der Waals surface area contributed by atoms with Gasteiger partial charge in [0.2, 0.25) is 17.7 Å². The molecule has 158 valence electrons. The fraction of sp³-hybridized carbons (Fsp3) is 0.444. The van der Waals surface area contributed by atoms with Crippen LogP contribution in [-0.2, 0) is 14.4 Å². The number of amides is 3. The average molecular weight is 450 g/mol. The molecule has 0 spiro atoms. The van der Waals surface area contributed by atoms with Gasteiger partial charge < -0.3 is 15.5 Å². The van der Waals surface area contributed by atoms with Gasteiger partial charge in [-0.1, -0.05) is 30.3 Å². The highest BCUT2D eigenvalue weighted by atomic mass is 35.5. The van der Waals surface area contributed by atoms with E-state index < -0.39 is 23.9 Å². The maximum atomic E-state index is 13.0. The number of nitrogens with one attached hydrogen (secondary N) is 3. The molecule has 1 aromatic heterocycles. The third-order valence-corrected chi connectivity index (χ3v) is 7.00. The maximum absolute atomic E-state index is 13.0. The molecule has 3 amide bonds. The topological polar surface area (TPSA) is 133 Å². The van der Waals surface area contributed by atoms with Crippen molar-refractivity contribution in [2.24, 2.45) is 0 Å². The van der Waals surface area contributed by atoms with Crippen molar-refractivity contribution in [3.05, 3.63) is 41.7 Å². The number of carbonyl (C=O) groups excluding carboxylic acids is 3. The second-order valence-electron chi connectivity index (χ2n) is 7.58. The van der Waals surface area contributed by atoms with E-state index in [0.29, 0.717) is 11.4 Å². The molecule has 1 aromatic carbocycles. The molecule has 2 aliphatic rings. The summed E-state index contributed by atoms with van der Waals surface area (Å²) in [5, 5.41) is 19.1. The van der Waals surface area contributed by atoms with Crippen LogP contribution in [-0.4, -0.2) is 65.3 Å². The number of hydrogen-bond acceptors (Lipinski definition) is 7. The average Bonchev–Trinajstić information content (AvgIpc) is 3.34. The molecule has 3 unspecified atom stereocenters. The lowest BCUT2D eigenvalue weighted by Gasteiger charge is -2.44. The van der Waals surface area contributed by atoms with E-state index >= 15 is 0 Å². The van der Waals surface area contributed by atoms with Gasteiger partial charge in [-0.2, -0.15) is 0 Å². The summed E-state index contributed by atoms with van der Waals surface area (Å²) in [4.78, 5) is 39.5. The zero-order chi connectivity index (χ0) is 21.5. The lowest BCUT2D eigenvalue weighted by molar-refractivity contribution is -0.152. The van der Waals surface area contributed by atoms with Crippen LogP contribution in [0.4, 0.5) is 0 Å². The van der Waals surface area contributed by atoms with Crippen LogP contribution >= 0.6 is 23.4 Å². The van der Waals surface area contributed by atoms with Crippen LogP contribution in [0.3, 0.4) is 0 Å². The Hall–Kier alpha value is -2.66. The van der Waals surface area contributed by atoms with Crippen LogP contribution in [0.1, 0.15) is 37.3 Å². The predicted molar refractivity (Wildman–Crippen MR) is 109 cm³/mol.